The summed E-state index contributed by atoms with van der Waals surface area (Å²) in [5, 5.41) is 5.81. The Kier molecular flexibility index (Phi) is 7.17. The van der Waals surface area contributed by atoms with E-state index in [0.717, 1.165) is 24.2 Å². The van der Waals surface area contributed by atoms with E-state index >= 15 is 0 Å². The molecule has 4 rings (SSSR count). The lowest BCUT2D eigenvalue weighted by Gasteiger charge is -2.17. The average Bonchev–Trinajstić information content (AvgIpc) is 3.51. The van der Waals surface area contributed by atoms with Gasteiger partial charge in [0.2, 0.25) is 5.91 Å². The molecule has 2 aromatic carbocycles. The third-order valence-electron chi connectivity index (χ3n) is 5.57. The van der Waals surface area contributed by atoms with E-state index in [2.05, 4.69) is 15.6 Å². The Morgan fingerprint density at radius 2 is 1.94 bits per heavy atom. The molecule has 0 saturated heterocycles. The van der Waals surface area contributed by atoms with Gasteiger partial charge in [-0.3, -0.25) is 9.59 Å². The first-order valence-corrected chi connectivity index (χ1v) is 11.1. The number of para-hydroxylation sites is 1. The first kappa shape index (κ1) is 21.6. The molecule has 1 aliphatic carbocycles. The number of anilines is 1. The van der Waals surface area contributed by atoms with E-state index in [1.807, 2.05) is 35.0 Å². The number of nitrogens with zero attached hydrogens (tertiary/aromatic N) is 2. The van der Waals surface area contributed by atoms with Crippen LogP contribution in [0.5, 0.6) is 5.75 Å². The molecule has 1 heterocycles. The Bertz CT molecular complexity index is 1040. The first-order valence-electron chi connectivity index (χ1n) is 11.1. The summed E-state index contributed by atoms with van der Waals surface area (Å²) in [6.07, 6.45) is 10.3. The van der Waals surface area contributed by atoms with Gasteiger partial charge >= 0.3 is 0 Å². The van der Waals surface area contributed by atoms with Gasteiger partial charge < -0.3 is 19.9 Å². The van der Waals surface area contributed by atoms with Crippen LogP contribution in [0.3, 0.4) is 0 Å². The molecule has 1 saturated carbocycles. The number of ether oxygens (including phenoxy) is 1. The minimum absolute atomic E-state index is 0.116. The summed E-state index contributed by atoms with van der Waals surface area (Å²) in [6.45, 7) is 0.928. The maximum absolute atomic E-state index is 12.7. The monoisotopic (exact) mass is 432 g/mol. The molecule has 0 bridgehead atoms. The van der Waals surface area contributed by atoms with E-state index in [9.17, 15) is 9.59 Å². The molecular weight excluding hydrogens is 404 g/mol. The van der Waals surface area contributed by atoms with Crippen molar-refractivity contribution in [2.24, 2.45) is 0 Å². The lowest BCUT2D eigenvalue weighted by atomic mass is 10.1. The second-order valence-electron chi connectivity index (χ2n) is 7.99. The molecule has 32 heavy (non-hydrogen) atoms. The van der Waals surface area contributed by atoms with Gasteiger partial charge in [-0.2, -0.15) is 0 Å². The number of rotatable bonds is 9. The summed E-state index contributed by atoms with van der Waals surface area (Å²) >= 11 is 0. The lowest BCUT2D eigenvalue weighted by Crippen LogP contribution is -2.24. The van der Waals surface area contributed by atoms with Crippen molar-refractivity contribution in [1.82, 2.24) is 14.9 Å². The quantitative estimate of drug-likeness (QED) is 0.532. The van der Waals surface area contributed by atoms with Crippen LogP contribution in [-0.2, 0) is 17.9 Å². The molecule has 1 aromatic heterocycles. The van der Waals surface area contributed by atoms with Gasteiger partial charge in [-0.05, 0) is 49.9 Å². The molecule has 1 aliphatic rings. The van der Waals surface area contributed by atoms with Crippen LogP contribution in [0.15, 0.2) is 67.3 Å². The van der Waals surface area contributed by atoms with Crippen LogP contribution in [0.1, 0.15) is 48.0 Å². The number of aryl methyl sites for hydroxylation is 1. The van der Waals surface area contributed by atoms with Crippen LogP contribution in [0.2, 0.25) is 0 Å². The summed E-state index contributed by atoms with van der Waals surface area (Å²) in [5.74, 6) is 0.517. The molecule has 0 spiro atoms. The molecule has 7 nitrogen and oxygen atoms in total. The predicted molar refractivity (Wildman–Crippen MR) is 122 cm³/mol. The van der Waals surface area contributed by atoms with E-state index in [-0.39, 0.29) is 17.9 Å². The molecule has 166 valence electrons. The third-order valence-corrected chi connectivity index (χ3v) is 5.57. The van der Waals surface area contributed by atoms with Crippen LogP contribution < -0.4 is 15.4 Å². The Labute approximate surface area is 187 Å². The van der Waals surface area contributed by atoms with Crippen LogP contribution in [0.25, 0.3) is 0 Å². The second kappa shape index (κ2) is 10.6. The smallest absolute Gasteiger partial charge is 0.251 e. The fourth-order valence-electron chi connectivity index (χ4n) is 3.84. The van der Waals surface area contributed by atoms with E-state index in [0.29, 0.717) is 30.8 Å². The normalized spacial score (nSPS) is 13.6. The fourth-order valence-corrected chi connectivity index (χ4v) is 3.84. The number of amides is 2. The van der Waals surface area contributed by atoms with Crippen molar-refractivity contribution in [2.75, 3.05) is 5.32 Å². The van der Waals surface area contributed by atoms with E-state index in [1.54, 1.807) is 36.8 Å². The zero-order valence-electron chi connectivity index (χ0n) is 18.0. The van der Waals surface area contributed by atoms with Gasteiger partial charge in [-0.1, -0.05) is 24.3 Å². The zero-order chi connectivity index (χ0) is 22.2. The number of carbonyl (C=O) groups excluding carboxylic acids is 2. The van der Waals surface area contributed by atoms with Crippen molar-refractivity contribution in [2.45, 2.75) is 51.3 Å². The summed E-state index contributed by atoms with van der Waals surface area (Å²) < 4.78 is 8.00. The molecule has 0 aliphatic heterocycles. The number of benzene rings is 2. The van der Waals surface area contributed by atoms with Crippen molar-refractivity contribution in [3.8, 4) is 5.75 Å². The standard InChI is InChI=1S/C25H28N4O3/c30-24(12-14-29-15-13-26-18-29)28-21-8-5-7-19(16-21)25(31)27-17-20-6-1-4-11-23(20)32-22-9-2-3-10-22/h1,4-8,11,13,15-16,18,22H,2-3,9-10,12,14,17H2,(H,27,31)(H,28,30). The van der Waals surface area contributed by atoms with E-state index in [4.69, 9.17) is 4.74 Å². The SMILES string of the molecule is O=C(CCn1ccnc1)Nc1cccc(C(=O)NCc2ccccc2OC2CCCC2)c1. The highest BCUT2D eigenvalue weighted by Gasteiger charge is 2.18. The van der Waals surface area contributed by atoms with Crippen LogP contribution in [0, 0.1) is 0 Å². The Hall–Kier alpha value is -3.61. The molecular formula is C25H28N4O3. The summed E-state index contributed by atoms with van der Waals surface area (Å²) in [5.41, 5.74) is 2.04. The molecule has 0 atom stereocenters. The van der Waals surface area contributed by atoms with Crippen molar-refractivity contribution in [1.29, 1.82) is 0 Å². The highest BCUT2D eigenvalue weighted by Crippen LogP contribution is 2.26. The summed E-state index contributed by atoms with van der Waals surface area (Å²) in [7, 11) is 0. The molecule has 2 N–H and O–H groups in total. The highest BCUT2D eigenvalue weighted by atomic mass is 16.5. The van der Waals surface area contributed by atoms with Gasteiger partial charge in [0.1, 0.15) is 5.75 Å². The number of imidazole rings is 1. The van der Waals surface area contributed by atoms with Crippen molar-refractivity contribution < 1.29 is 14.3 Å². The van der Waals surface area contributed by atoms with E-state index in [1.165, 1.54) is 12.8 Å². The van der Waals surface area contributed by atoms with Crippen molar-refractivity contribution in [3.05, 3.63) is 78.4 Å². The number of aromatic nitrogens is 2. The Balaban J connectivity index is 1.31. The summed E-state index contributed by atoms with van der Waals surface area (Å²) in [6, 6.07) is 14.8. The molecule has 0 unspecified atom stereocenters. The minimum atomic E-state index is -0.199. The third kappa shape index (κ3) is 5.97. The number of hydrogen-bond donors (Lipinski definition) is 2. The van der Waals surface area contributed by atoms with Gasteiger partial charge in [-0.25, -0.2) is 4.98 Å². The zero-order valence-corrected chi connectivity index (χ0v) is 18.0. The molecule has 2 amide bonds. The number of hydrogen-bond acceptors (Lipinski definition) is 4. The number of nitrogens with one attached hydrogen (secondary N) is 2. The Morgan fingerprint density at radius 3 is 2.75 bits per heavy atom. The molecule has 3 aromatic rings. The predicted octanol–water partition coefficient (Wildman–Crippen LogP) is 4.16. The van der Waals surface area contributed by atoms with Crippen LogP contribution in [-0.4, -0.2) is 27.5 Å². The fraction of sp³-hybridized carbons (Fsp3) is 0.320. The Morgan fingerprint density at radius 1 is 1.09 bits per heavy atom. The summed E-state index contributed by atoms with van der Waals surface area (Å²) in [4.78, 5) is 28.9. The molecule has 1 fully saturated rings. The second-order valence-corrected chi connectivity index (χ2v) is 7.99. The van der Waals surface area contributed by atoms with Crippen LogP contribution >= 0.6 is 0 Å². The average molecular weight is 433 g/mol. The van der Waals surface area contributed by atoms with E-state index < -0.39 is 0 Å². The van der Waals surface area contributed by atoms with Gasteiger partial charge in [0.05, 0.1) is 12.4 Å². The highest BCUT2D eigenvalue weighted by molar-refractivity contribution is 5.97. The molecule has 0 radical (unpaired) electrons. The minimum Gasteiger partial charge on any atom is -0.490 e. The largest absolute Gasteiger partial charge is 0.490 e. The topological polar surface area (TPSA) is 85.2 Å². The molecule has 7 heteroatoms. The lowest BCUT2D eigenvalue weighted by molar-refractivity contribution is -0.116. The van der Waals surface area contributed by atoms with Gasteiger partial charge in [0.25, 0.3) is 5.91 Å². The van der Waals surface area contributed by atoms with Gasteiger partial charge in [0, 0.05) is 48.7 Å². The van der Waals surface area contributed by atoms with Gasteiger partial charge in [-0.15, -0.1) is 0 Å². The maximum atomic E-state index is 12.7. The van der Waals surface area contributed by atoms with Crippen molar-refractivity contribution >= 4 is 17.5 Å². The first-order chi connectivity index (χ1) is 15.7. The maximum Gasteiger partial charge on any atom is 0.251 e. The van der Waals surface area contributed by atoms with Crippen molar-refractivity contribution in [3.63, 3.8) is 0 Å². The van der Waals surface area contributed by atoms with Crippen LogP contribution in [0.4, 0.5) is 5.69 Å². The number of carbonyl (C=O) groups is 2. The van der Waals surface area contributed by atoms with Gasteiger partial charge in [0.15, 0.2) is 0 Å².